The molecule has 0 radical (unpaired) electrons. The molecular formula is C13H12FN3OS2. The molecule has 4 nitrogen and oxygen atoms in total. The van der Waals surface area contributed by atoms with Crippen LogP contribution < -0.4 is 5.32 Å². The van der Waals surface area contributed by atoms with Crippen LogP contribution in [0.4, 0.5) is 9.52 Å². The largest absolute Gasteiger partial charge is 0.297 e. The molecule has 0 spiro atoms. The second kappa shape index (κ2) is 7.16. The lowest BCUT2D eigenvalue weighted by Crippen LogP contribution is -2.07. The fraction of sp³-hybridized carbons (Fsp3) is 0.154. The lowest BCUT2D eigenvalue weighted by molar-refractivity contribution is -0.111. The first-order chi connectivity index (χ1) is 9.67. The third-order valence-corrected chi connectivity index (χ3v) is 4.06. The number of aromatic nitrogens is 2. The minimum Gasteiger partial charge on any atom is -0.297 e. The Morgan fingerprint density at radius 2 is 2.15 bits per heavy atom. The number of hydrogen-bond donors (Lipinski definition) is 1. The maximum Gasteiger partial charge on any atom is 0.250 e. The molecule has 20 heavy (non-hydrogen) atoms. The molecule has 104 valence electrons. The van der Waals surface area contributed by atoms with E-state index >= 15 is 0 Å². The van der Waals surface area contributed by atoms with Crippen LogP contribution in [0.15, 0.2) is 34.7 Å². The Bertz CT molecular complexity index is 610. The van der Waals surface area contributed by atoms with Gasteiger partial charge >= 0.3 is 0 Å². The zero-order valence-corrected chi connectivity index (χ0v) is 12.3. The molecular weight excluding hydrogens is 297 g/mol. The van der Waals surface area contributed by atoms with E-state index in [9.17, 15) is 9.18 Å². The highest BCUT2D eigenvalue weighted by Crippen LogP contribution is 2.24. The Kier molecular flexibility index (Phi) is 5.25. The van der Waals surface area contributed by atoms with E-state index in [1.165, 1.54) is 29.5 Å². The third-order valence-electron chi connectivity index (χ3n) is 2.20. The maximum atomic E-state index is 12.7. The van der Waals surface area contributed by atoms with Gasteiger partial charge in [-0.25, -0.2) is 4.39 Å². The number of hydrogen-bond acceptors (Lipinski definition) is 5. The molecule has 0 atom stereocenters. The minimum atomic E-state index is -0.304. The van der Waals surface area contributed by atoms with Gasteiger partial charge in [-0.1, -0.05) is 42.2 Å². The van der Waals surface area contributed by atoms with Gasteiger partial charge in [-0.05, 0) is 29.5 Å². The molecule has 0 aliphatic carbocycles. The normalized spacial score (nSPS) is 10.9. The van der Waals surface area contributed by atoms with E-state index in [0.29, 0.717) is 5.13 Å². The number of carbonyl (C=O) groups excluding carboxylic acids is 1. The average molecular weight is 309 g/mol. The third kappa shape index (κ3) is 4.43. The monoisotopic (exact) mass is 309 g/mol. The van der Waals surface area contributed by atoms with Crippen LogP contribution in [-0.2, 0) is 4.79 Å². The topological polar surface area (TPSA) is 54.9 Å². The summed E-state index contributed by atoms with van der Waals surface area (Å²) in [6, 6.07) is 5.88. The summed E-state index contributed by atoms with van der Waals surface area (Å²) in [5, 5.41) is 10.9. The summed E-state index contributed by atoms with van der Waals surface area (Å²) >= 11 is 2.91. The second-order valence-electron chi connectivity index (χ2n) is 3.68. The SMILES string of the molecule is CCSc1nnc(NC(=O)/C=C\c2ccc(F)cc2)s1. The van der Waals surface area contributed by atoms with Crippen molar-refractivity contribution < 1.29 is 9.18 Å². The Labute approximate surface area is 124 Å². The van der Waals surface area contributed by atoms with Gasteiger partial charge in [-0.3, -0.25) is 10.1 Å². The Hall–Kier alpha value is -1.73. The van der Waals surface area contributed by atoms with Crippen LogP contribution in [0.1, 0.15) is 12.5 Å². The van der Waals surface area contributed by atoms with Crippen molar-refractivity contribution in [2.24, 2.45) is 0 Å². The zero-order valence-electron chi connectivity index (χ0n) is 10.7. The van der Waals surface area contributed by atoms with Crippen molar-refractivity contribution in [2.75, 3.05) is 11.1 Å². The standard InChI is InChI=1S/C13H12FN3OS2/c1-2-19-13-17-16-12(20-13)15-11(18)8-5-9-3-6-10(14)7-4-9/h3-8H,2H2,1H3,(H,15,16,18)/b8-5-. The molecule has 7 heteroatoms. The molecule has 0 saturated heterocycles. The molecule has 1 aromatic heterocycles. The molecule has 1 aromatic carbocycles. The molecule has 0 bridgehead atoms. The summed E-state index contributed by atoms with van der Waals surface area (Å²) in [5.41, 5.74) is 0.751. The molecule has 1 heterocycles. The molecule has 0 aliphatic heterocycles. The number of nitrogens with one attached hydrogen (secondary N) is 1. The van der Waals surface area contributed by atoms with Gasteiger partial charge in [0.15, 0.2) is 4.34 Å². The first kappa shape index (κ1) is 14.7. The number of anilines is 1. The van der Waals surface area contributed by atoms with E-state index in [4.69, 9.17) is 0 Å². The van der Waals surface area contributed by atoms with Gasteiger partial charge in [0.1, 0.15) is 5.82 Å². The number of benzene rings is 1. The van der Waals surface area contributed by atoms with E-state index in [1.54, 1.807) is 30.0 Å². The Balaban J connectivity index is 1.92. The van der Waals surface area contributed by atoms with Crippen LogP contribution in [0.25, 0.3) is 6.08 Å². The Morgan fingerprint density at radius 3 is 2.85 bits per heavy atom. The predicted molar refractivity (Wildman–Crippen MR) is 80.4 cm³/mol. The van der Waals surface area contributed by atoms with E-state index in [1.807, 2.05) is 6.92 Å². The van der Waals surface area contributed by atoms with Crippen LogP contribution in [0.2, 0.25) is 0 Å². The number of nitrogens with zero attached hydrogens (tertiary/aromatic N) is 2. The van der Waals surface area contributed by atoms with Crippen LogP contribution in [0.3, 0.4) is 0 Å². The van der Waals surface area contributed by atoms with Crippen molar-refractivity contribution in [1.29, 1.82) is 0 Å². The first-order valence-corrected chi connectivity index (χ1v) is 7.68. The number of rotatable bonds is 5. The predicted octanol–water partition coefficient (Wildman–Crippen LogP) is 3.44. The summed E-state index contributed by atoms with van der Waals surface area (Å²) in [6.45, 7) is 2.02. The zero-order chi connectivity index (χ0) is 14.4. The molecule has 0 aliphatic rings. The molecule has 2 rings (SSSR count). The molecule has 0 fully saturated rings. The van der Waals surface area contributed by atoms with Gasteiger partial charge in [-0.15, -0.1) is 10.2 Å². The van der Waals surface area contributed by atoms with Gasteiger partial charge in [0, 0.05) is 6.08 Å². The van der Waals surface area contributed by atoms with Crippen molar-refractivity contribution in [3.63, 3.8) is 0 Å². The van der Waals surface area contributed by atoms with Crippen molar-refractivity contribution in [2.45, 2.75) is 11.3 Å². The summed E-state index contributed by atoms with van der Waals surface area (Å²) in [4.78, 5) is 11.7. The van der Waals surface area contributed by atoms with Gasteiger partial charge in [0.2, 0.25) is 11.0 Å². The highest BCUT2D eigenvalue weighted by Gasteiger charge is 2.05. The molecule has 0 saturated carbocycles. The van der Waals surface area contributed by atoms with Crippen molar-refractivity contribution in [1.82, 2.24) is 10.2 Å². The summed E-state index contributed by atoms with van der Waals surface area (Å²) in [6.07, 6.45) is 2.98. The molecule has 2 aromatic rings. The van der Waals surface area contributed by atoms with E-state index in [-0.39, 0.29) is 11.7 Å². The minimum absolute atomic E-state index is 0.293. The molecule has 1 amide bonds. The Morgan fingerprint density at radius 1 is 1.40 bits per heavy atom. The van der Waals surface area contributed by atoms with E-state index in [0.717, 1.165) is 15.7 Å². The van der Waals surface area contributed by atoms with Crippen LogP contribution >= 0.6 is 23.1 Å². The maximum absolute atomic E-state index is 12.7. The van der Waals surface area contributed by atoms with E-state index < -0.39 is 0 Å². The van der Waals surface area contributed by atoms with Crippen molar-refractivity contribution >= 4 is 40.2 Å². The van der Waals surface area contributed by atoms with Crippen molar-refractivity contribution in [3.8, 4) is 0 Å². The van der Waals surface area contributed by atoms with Crippen LogP contribution in [-0.4, -0.2) is 21.9 Å². The van der Waals surface area contributed by atoms with Gasteiger partial charge in [-0.2, -0.15) is 0 Å². The van der Waals surface area contributed by atoms with Gasteiger partial charge in [0.05, 0.1) is 0 Å². The average Bonchev–Trinajstić information content (AvgIpc) is 2.86. The lowest BCUT2D eigenvalue weighted by Gasteiger charge is -1.95. The highest BCUT2D eigenvalue weighted by molar-refractivity contribution is 8.01. The van der Waals surface area contributed by atoms with E-state index in [2.05, 4.69) is 15.5 Å². The fourth-order valence-electron chi connectivity index (χ4n) is 1.33. The van der Waals surface area contributed by atoms with Crippen molar-refractivity contribution in [3.05, 3.63) is 41.7 Å². The van der Waals surface area contributed by atoms with Gasteiger partial charge < -0.3 is 0 Å². The second-order valence-corrected chi connectivity index (χ2v) is 6.17. The van der Waals surface area contributed by atoms with Crippen LogP contribution in [0.5, 0.6) is 0 Å². The number of halogens is 1. The summed E-state index contributed by atoms with van der Waals surface area (Å²) in [5.74, 6) is 0.312. The lowest BCUT2D eigenvalue weighted by atomic mass is 10.2. The highest BCUT2D eigenvalue weighted by atomic mass is 32.2. The fourth-order valence-corrected chi connectivity index (χ4v) is 2.99. The number of amides is 1. The molecule has 1 N–H and O–H groups in total. The van der Waals surface area contributed by atoms with Crippen LogP contribution in [0, 0.1) is 5.82 Å². The van der Waals surface area contributed by atoms with Gasteiger partial charge in [0.25, 0.3) is 0 Å². The number of carbonyl (C=O) groups is 1. The first-order valence-electron chi connectivity index (χ1n) is 5.88. The molecule has 0 unspecified atom stereocenters. The quantitative estimate of drug-likeness (QED) is 0.522. The number of thioether (sulfide) groups is 1. The smallest absolute Gasteiger partial charge is 0.250 e. The summed E-state index contributed by atoms with van der Waals surface area (Å²) in [7, 11) is 0. The summed E-state index contributed by atoms with van der Waals surface area (Å²) < 4.78 is 13.5.